The summed E-state index contributed by atoms with van der Waals surface area (Å²) >= 11 is 5.65. The molecule has 0 saturated carbocycles. The maximum absolute atomic E-state index is 12.7. The smallest absolute Gasteiger partial charge is 0.206 e. The minimum absolute atomic E-state index is 0.188. The van der Waals surface area contributed by atoms with E-state index in [0.717, 1.165) is 6.07 Å². The lowest BCUT2D eigenvalue weighted by Gasteiger charge is -2.05. The van der Waals surface area contributed by atoms with Crippen molar-refractivity contribution >= 4 is 31.9 Å². The molecule has 0 amide bonds. The fourth-order valence-corrected chi connectivity index (χ4v) is 2.03. The molecular formula is C7H3Br2F3. The zero-order valence-corrected chi connectivity index (χ0v) is 8.79. The Bertz CT molecular complexity index is 299. The summed E-state index contributed by atoms with van der Waals surface area (Å²) < 4.78 is 37.2. The second-order valence-corrected chi connectivity index (χ2v) is 3.70. The van der Waals surface area contributed by atoms with Crippen molar-refractivity contribution in [1.29, 1.82) is 0 Å². The van der Waals surface area contributed by atoms with Crippen molar-refractivity contribution in [3.05, 3.63) is 32.5 Å². The highest BCUT2D eigenvalue weighted by molar-refractivity contribution is 9.11. The van der Waals surface area contributed by atoms with Gasteiger partial charge in [0.1, 0.15) is 5.82 Å². The van der Waals surface area contributed by atoms with Crippen LogP contribution in [0.25, 0.3) is 0 Å². The average Bonchev–Trinajstić information content (AvgIpc) is 1.97. The molecule has 0 heterocycles. The molecule has 12 heavy (non-hydrogen) atoms. The van der Waals surface area contributed by atoms with E-state index in [1.54, 1.807) is 0 Å². The fourth-order valence-electron chi connectivity index (χ4n) is 0.743. The molecule has 0 nitrogen and oxygen atoms in total. The van der Waals surface area contributed by atoms with Crippen molar-refractivity contribution < 1.29 is 13.2 Å². The van der Waals surface area contributed by atoms with Crippen LogP contribution in [-0.2, 0) is 0 Å². The zero-order chi connectivity index (χ0) is 9.30. The van der Waals surface area contributed by atoms with E-state index >= 15 is 0 Å². The summed E-state index contributed by atoms with van der Waals surface area (Å²) in [5.74, 6) is -0.687. The lowest BCUT2D eigenvalue weighted by Crippen LogP contribution is -1.91. The first kappa shape index (κ1) is 10.1. The van der Waals surface area contributed by atoms with E-state index in [4.69, 9.17) is 0 Å². The molecule has 0 N–H and O–H groups in total. The predicted molar refractivity (Wildman–Crippen MR) is 46.8 cm³/mol. The van der Waals surface area contributed by atoms with Crippen LogP contribution in [0.5, 0.6) is 0 Å². The minimum Gasteiger partial charge on any atom is -0.206 e. The topological polar surface area (TPSA) is 0 Å². The first-order valence-corrected chi connectivity index (χ1v) is 4.54. The third kappa shape index (κ3) is 1.82. The van der Waals surface area contributed by atoms with Crippen molar-refractivity contribution in [2.75, 3.05) is 0 Å². The van der Waals surface area contributed by atoms with Crippen molar-refractivity contribution in [2.45, 2.75) is 6.43 Å². The predicted octanol–water partition coefficient (Wildman–Crippen LogP) is 4.29. The fraction of sp³-hybridized carbons (Fsp3) is 0.143. The van der Waals surface area contributed by atoms with Crippen LogP contribution >= 0.6 is 31.9 Å². The lowest BCUT2D eigenvalue weighted by molar-refractivity contribution is 0.149. The monoisotopic (exact) mass is 302 g/mol. The molecule has 1 aromatic carbocycles. The molecule has 0 aromatic heterocycles. The van der Waals surface area contributed by atoms with Gasteiger partial charge in [-0.15, -0.1) is 0 Å². The van der Waals surface area contributed by atoms with Crippen molar-refractivity contribution in [2.24, 2.45) is 0 Å². The maximum Gasteiger partial charge on any atom is 0.266 e. The third-order valence-corrected chi connectivity index (χ3v) is 2.80. The standard InChI is InChI=1S/C7H3Br2F3/c8-3-1-2-4(10)6(9)5(3)7(11)12/h1-2,7H. The van der Waals surface area contributed by atoms with E-state index in [2.05, 4.69) is 31.9 Å². The molecule has 1 aromatic rings. The van der Waals surface area contributed by atoms with Crippen LogP contribution in [-0.4, -0.2) is 0 Å². The second-order valence-electron chi connectivity index (χ2n) is 2.06. The lowest BCUT2D eigenvalue weighted by atomic mass is 10.2. The molecule has 66 valence electrons. The summed E-state index contributed by atoms with van der Waals surface area (Å²) in [5.41, 5.74) is -0.352. The summed E-state index contributed by atoms with van der Waals surface area (Å²) in [4.78, 5) is 0. The van der Waals surface area contributed by atoms with Crippen molar-refractivity contribution in [1.82, 2.24) is 0 Å². The van der Waals surface area contributed by atoms with Crippen LogP contribution < -0.4 is 0 Å². The third-order valence-electron chi connectivity index (χ3n) is 1.30. The first-order chi connectivity index (χ1) is 5.54. The molecule has 5 heteroatoms. The van der Waals surface area contributed by atoms with E-state index in [0.29, 0.717) is 0 Å². The van der Waals surface area contributed by atoms with Gasteiger partial charge in [0.05, 0.1) is 4.47 Å². The largest absolute Gasteiger partial charge is 0.266 e. The number of rotatable bonds is 1. The molecule has 0 fully saturated rings. The highest BCUT2D eigenvalue weighted by atomic mass is 79.9. The van der Waals surface area contributed by atoms with Crippen LogP contribution in [0.15, 0.2) is 21.1 Å². The van der Waals surface area contributed by atoms with E-state index in [1.165, 1.54) is 6.07 Å². The summed E-state index contributed by atoms with van der Waals surface area (Å²) in [5, 5.41) is 0. The molecule has 0 radical (unpaired) electrons. The van der Waals surface area contributed by atoms with E-state index in [9.17, 15) is 13.2 Å². The molecule has 0 atom stereocenters. The number of hydrogen-bond acceptors (Lipinski definition) is 0. The van der Waals surface area contributed by atoms with Crippen LogP contribution in [0.3, 0.4) is 0 Å². The Labute approximate surface area is 84.0 Å². The van der Waals surface area contributed by atoms with Gasteiger partial charge in [0.15, 0.2) is 0 Å². The Kier molecular flexibility index (Phi) is 3.17. The summed E-state index contributed by atoms with van der Waals surface area (Å²) in [6, 6.07) is 2.36. The van der Waals surface area contributed by atoms with Crippen molar-refractivity contribution in [3.8, 4) is 0 Å². The molecule has 0 saturated heterocycles. The van der Waals surface area contributed by atoms with Gasteiger partial charge in [-0.3, -0.25) is 0 Å². The molecule has 0 aliphatic heterocycles. The minimum atomic E-state index is -2.69. The number of hydrogen-bond donors (Lipinski definition) is 0. The highest BCUT2D eigenvalue weighted by Crippen LogP contribution is 2.35. The Morgan fingerprint density at radius 3 is 2.17 bits per heavy atom. The van der Waals surface area contributed by atoms with E-state index < -0.39 is 12.2 Å². The second kappa shape index (κ2) is 3.79. The van der Waals surface area contributed by atoms with E-state index in [1.807, 2.05) is 0 Å². The Morgan fingerprint density at radius 1 is 1.17 bits per heavy atom. The zero-order valence-electron chi connectivity index (χ0n) is 5.62. The summed E-state index contributed by atoms with van der Waals surface area (Å²) in [6.45, 7) is 0. The Balaban J connectivity index is 3.33. The summed E-state index contributed by atoms with van der Waals surface area (Å²) in [6.07, 6.45) is -2.69. The van der Waals surface area contributed by atoms with Gasteiger partial charge in [0.2, 0.25) is 0 Å². The normalized spacial score (nSPS) is 10.8. The highest BCUT2D eigenvalue weighted by Gasteiger charge is 2.18. The Hall–Kier alpha value is -0.0300. The van der Waals surface area contributed by atoms with Crippen LogP contribution in [0, 0.1) is 5.82 Å². The molecule has 0 spiro atoms. The van der Waals surface area contributed by atoms with Gasteiger partial charge in [0, 0.05) is 10.0 Å². The van der Waals surface area contributed by atoms with Gasteiger partial charge < -0.3 is 0 Å². The quantitative estimate of drug-likeness (QED) is 0.679. The van der Waals surface area contributed by atoms with Crippen LogP contribution in [0.2, 0.25) is 0 Å². The molecule has 0 aliphatic rings. The molecule has 1 rings (SSSR count). The summed E-state index contributed by atoms with van der Waals surface area (Å²) in [7, 11) is 0. The molecular weight excluding hydrogens is 301 g/mol. The van der Waals surface area contributed by atoms with Crippen LogP contribution in [0.1, 0.15) is 12.0 Å². The SMILES string of the molecule is Fc1ccc(Br)c(C(F)F)c1Br. The Morgan fingerprint density at radius 2 is 1.75 bits per heavy atom. The number of alkyl halides is 2. The van der Waals surface area contributed by atoms with Gasteiger partial charge >= 0.3 is 0 Å². The number of benzene rings is 1. The maximum atomic E-state index is 12.7. The van der Waals surface area contributed by atoms with Gasteiger partial charge in [-0.1, -0.05) is 15.9 Å². The molecule has 0 aliphatic carbocycles. The van der Waals surface area contributed by atoms with Crippen LogP contribution in [0.4, 0.5) is 13.2 Å². The van der Waals surface area contributed by atoms with Gasteiger partial charge in [-0.2, -0.15) is 0 Å². The molecule has 0 bridgehead atoms. The average molecular weight is 304 g/mol. The van der Waals surface area contributed by atoms with Gasteiger partial charge in [0.25, 0.3) is 6.43 Å². The van der Waals surface area contributed by atoms with E-state index in [-0.39, 0.29) is 14.5 Å². The number of halogens is 5. The van der Waals surface area contributed by atoms with Gasteiger partial charge in [-0.25, -0.2) is 13.2 Å². The first-order valence-electron chi connectivity index (χ1n) is 2.95. The molecule has 0 unspecified atom stereocenters. The van der Waals surface area contributed by atoms with Gasteiger partial charge in [-0.05, 0) is 28.1 Å². The van der Waals surface area contributed by atoms with Crippen molar-refractivity contribution in [3.63, 3.8) is 0 Å².